The molecule has 0 aromatic carbocycles. The number of hydrogen-bond acceptors (Lipinski definition) is 1. The third-order valence-corrected chi connectivity index (χ3v) is 9.40. The molecule has 1 aliphatic carbocycles. The van der Waals surface area contributed by atoms with Crippen LogP contribution in [0.25, 0.3) is 0 Å². The molecule has 0 saturated heterocycles. The van der Waals surface area contributed by atoms with Gasteiger partial charge in [-0.1, -0.05) is 181 Å². The van der Waals surface area contributed by atoms with Crippen molar-refractivity contribution in [2.45, 2.75) is 213 Å². The summed E-state index contributed by atoms with van der Waals surface area (Å²) in [7, 11) is 0. The Kier molecular flexibility index (Phi) is 23.2. The van der Waals surface area contributed by atoms with Gasteiger partial charge in [0.05, 0.1) is 0 Å². The number of hydrogen-bond donors (Lipinski definition) is 0. The minimum Gasteiger partial charge on any atom is -0.300 e. The maximum absolute atomic E-state index is 13.0. The van der Waals surface area contributed by atoms with E-state index in [1.807, 2.05) is 0 Å². The normalized spacial score (nSPS) is 17.5. The van der Waals surface area contributed by atoms with Crippen molar-refractivity contribution in [3.63, 3.8) is 0 Å². The molecule has 0 aromatic heterocycles. The number of unbranched alkanes of at least 4 members (excludes halogenated alkanes) is 21. The topological polar surface area (TPSA) is 17.1 Å². The fourth-order valence-electron chi connectivity index (χ4n) is 7.11. The van der Waals surface area contributed by atoms with Crippen LogP contribution in [0.3, 0.4) is 0 Å². The van der Waals surface area contributed by atoms with E-state index in [1.54, 1.807) is 0 Å². The highest BCUT2D eigenvalue weighted by Crippen LogP contribution is 2.47. The van der Waals surface area contributed by atoms with Gasteiger partial charge in [0.2, 0.25) is 0 Å². The van der Waals surface area contributed by atoms with Gasteiger partial charge in [0.15, 0.2) is 0 Å². The maximum atomic E-state index is 13.0. The predicted molar refractivity (Wildman–Crippen MR) is 166 cm³/mol. The summed E-state index contributed by atoms with van der Waals surface area (Å²) in [4.78, 5) is 13.0. The van der Waals surface area contributed by atoms with Crippen molar-refractivity contribution < 1.29 is 4.79 Å². The van der Waals surface area contributed by atoms with Gasteiger partial charge in [0, 0.05) is 12.8 Å². The van der Waals surface area contributed by atoms with Crippen molar-refractivity contribution in [2.75, 3.05) is 0 Å². The summed E-state index contributed by atoms with van der Waals surface area (Å²) >= 11 is 0. The molecule has 1 heteroatoms. The van der Waals surface area contributed by atoms with Crippen LogP contribution < -0.4 is 0 Å². The van der Waals surface area contributed by atoms with Crippen molar-refractivity contribution in [3.05, 3.63) is 0 Å². The first-order chi connectivity index (χ1) is 18.2. The molecule has 1 saturated carbocycles. The highest BCUT2D eigenvalue weighted by Gasteiger charge is 2.38. The van der Waals surface area contributed by atoms with E-state index in [0.29, 0.717) is 17.1 Å². The second kappa shape index (κ2) is 24.7. The molecule has 0 radical (unpaired) electrons. The van der Waals surface area contributed by atoms with Crippen molar-refractivity contribution in [3.8, 4) is 0 Å². The number of rotatable bonds is 27. The van der Waals surface area contributed by atoms with Gasteiger partial charge in [-0.3, -0.25) is 4.79 Å². The second-order valence-electron chi connectivity index (χ2n) is 13.2. The van der Waals surface area contributed by atoms with Crippen LogP contribution in [0.1, 0.15) is 213 Å². The minimum atomic E-state index is 0.352. The summed E-state index contributed by atoms with van der Waals surface area (Å²) in [5, 5.41) is 0. The molecule has 0 bridgehead atoms. The number of Topliss-reactive ketones (excluding diaryl/α,β-unsaturated/α-hetero) is 1. The van der Waals surface area contributed by atoms with Crippen LogP contribution in [0.15, 0.2) is 0 Å². The molecular formula is C36H70O. The zero-order valence-electron chi connectivity index (χ0n) is 26.2. The van der Waals surface area contributed by atoms with E-state index in [-0.39, 0.29) is 0 Å². The Balaban J connectivity index is 2.44. The van der Waals surface area contributed by atoms with Gasteiger partial charge in [-0.05, 0) is 30.6 Å². The van der Waals surface area contributed by atoms with Gasteiger partial charge < -0.3 is 0 Å². The second-order valence-corrected chi connectivity index (χ2v) is 13.2. The number of carbonyl (C=O) groups excluding carboxylic acids is 1. The fourth-order valence-corrected chi connectivity index (χ4v) is 7.11. The summed E-state index contributed by atoms with van der Waals surface area (Å²) in [6, 6.07) is 0. The van der Waals surface area contributed by atoms with E-state index in [0.717, 1.165) is 12.8 Å². The standard InChI is InChI=1S/C36H70O/c1-4-7-10-13-16-19-22-25-28-34-31-35(37)33-36(32-34,29-26-23-20-17-14-11-8-5-2)30-27-24-21-18-15-12-9-6-3/h34H,4-33H2,1-3H3. The fraction of sp³-hybridized carbons (Fsp3) is 0.972. The Hall–Kier alpha value is -0.330. The highest BCUT2D eigenvalue weighted by atomic mass is 16.1. The molecule has 0 N–H and O–H groups in total. The van der Waals surface area contributed by atoms with Gasteiger partial charge in [0.25, 0.3) is 0 Å². The average molecular weight is 519 g/mol. The molecule has 1 nitrogen and oxygen atoms in total. The van der Waals surface area contributed by atoms with Crippen LogP contribution >= 0.6 is 0 Å². The third kappa shape index (κ3) is 19.4. The molecule has 37 heavy (non-hydrogen) atoms. The van der Waals surface area contributed by atoms with Gasteiger partial charge in [-0.25, -0.2) is 0 Å². The Labute approximate surface area is 235 Å². The van der Waals surface area contributed by atoms with E-state index in [4.69, 9.17) is 0 Å². The van der Waals surface area contributed by atoms with E-state index in [1.165, 1.54) is 180 Å². The van der Waals surface area contributed by atoms with Crippen LogP contribution in [0.2, 0.25) is 0 Å². The molecule has 1 unspecified atom stereocenters. The predicted octanol–water partition coefficient (Wildman–Crippen LogP) is 12.9. The molecule has 0 aliphatic heterocycles. The van der Waals surface area contributed by atoms with Gasteiger partial charge >= 0.3 is 0 Å². The van der Waals surface area contributed by atoms with Gasteiger partial charge in [-0.2, -0.15) is 0 Å². The minimum absolute atomic E-state index is 0.352. The van der Waals surface area contributed by atoms with Crippen LogP contribution in [0, 0.1) is 11.3 Å². The van der Waals surface area contributed by atoms with E-state index < -0.39 is 0 Å². The van der Waals surface area contributed by atoms with E-state index >= 15 is 0 Å². The van der Waals surface area contributed by atoms with Crippen molar-refractivity contribution in [1.29, 1.82) is 0 Å². The summed E-state index contributed by atoms with van der Waals surface area (Å²) in [6.07, 6.45) is 40.7. The summed E-state index contributed by atoms with van der Waals surface area (Å²) < 4.78 is 0. The number of carbonyl (C=O) groups is 1. The van der Waals surface area contributed by atoms with Crippen LogP contribution in [0.4, 0.5) is 0 Å². The zero-order valence-corrected chi connectivity index (χ0v) is 26.2. The van der Waals surface area contributed by atoms with Crippen LogP contribution in [0.5, 0.6) is 0 Å². The molecule has 0 amide bonds. The molecule has 1 rings (SSSR count). The Morgan fingerprint density at radius 3 is 1.27 bits per heavy atom. The highest BCUT2D eigenvalue weighted by molar-refractivity contribution is 5.80. The largest absolute Gasteiger partial charge is 0.300 e. The lowest BCUT2D eigenvalue weighted by Crippen LogP contribution is -2.34. The molecule has 0 aromatic rings. The molecule has 1 atom stereocenters. The molecule has 1 aliphatic rings. The monoisotopic (exact) mass is 519 g/mol. The average Bonchev–Trinajstić information content (AvgIpc) is 2.88. The first kappa shape index (κ1) is 34.7. The molecule has 220 valence electrons. The summed E-state index contributed by atoms with van der Waals surface area (Å²) in [6.45, 7) is 6.91. The smallest absolute Gasteiger partial charge is 0.133 e. The Bertz CT molecular complexity index is 475. The molecular weight excluding hydrogens is 448 g/mol. The molecule has 0 heterocycles. The quantitative estimate of drug-likeness (QED) is 0.0988. The van der Waals surface area contributed by atoms with Crippen molar-refractivity contribution in [2.24, 2.45) is 11.3 Å². The third-order valence-electron chi connectivity index (χ3n) is 9.40. The Morgan fingerprint density at radius 1 is 0.514 bits per heavy atom. The SMILES string of the molecule is CCCCCCCCCCC1CC(=O)CC(CCCCCCCCCC)(CCCCCCCCCC)C1. The van der Waals surface area contributed by atoms with Gasteiger partial charge in [0.1, 0.15) is 5.78 Å². The van der Waals surface area contributed by atoms with E-state index in [9.17, 15) is 4.79 Å². The summed E-state index contributed by atoms with van der Waals surface area (Å²) in [5.74, 6) is 1.29. The lowest BCUT2D eigenvalue weighted by atomic mass is 9.63. The summed E-state index contributed by atoms with van der Waals surface area (Å²) in [5.41, 5.74) is 0.352. The van der Waals surface area contributed by atoms with Crippen molar-refractivity contribution >= 4 is 5.78 Å². The first-order valence-corrected chi connectivity index (χ1v) is 17.7. The Morgan fingerprint density at radius 2 is 0.865 bits per heavy atom. The molecule has 0 spiro atoms. The maximum Gasteiger partial charge on any atom is 0.133 e. The lowest BCUT2D eigenvalue weighted by Gasteiger charge is -2.41. The van der Waals surface area contributed by atoms with E-state index in [2.05, 4.69) is 20.8 Å². The van der Waals surface area contributed by atoms with Crippen molar-refractivity contribution in [1.82, 2.24) is 0 Å². The molecule has 1 fully saturated rings. The van der Waals surface area contributed by atoms with Gasteiger partial charge in [-0.15, -0.1) is 0 Å². The van der Waals surface area contributed by atoms with Crippen LogP contribution in [-0.4, -0.2) is 5.78 Å². The lowest BCUT2D eigenvalue weighted by molar-refractivity contribution is -0.126. The first-order valence-electron chi connectivity index (χ1n) is 17.7. The number of ketones is 1. The zero-order chi connectivity index (χ0) is 26.9. The van der Waals surface area contributed by atoms with Crippen LogP contribution in [-0.2, 0) is 4.79 Å².